The van der Waals surface area contributed by atoms with Crippen molar-refractivity contribution in [3.63, 3.8) is 0 Å². The van der Waals surface area contributed by atoms with Crippen molar-refractivity contribution in [1.29, 1.82) is 0 Å². The van der Waals surface area contributed by atoms with Gasteiger partial charge in [0.25, 0.3) is 5.56 Å². The molecule has 9 heteroatoms. The van der Waals surface area contributed by atoms with Crippen LogP contribution in [-0.2, 0) is 16.1 Å². The van der Waals surface area contributed by atoms with Crippen LogP contribution in [0.15, 0.2) is 34.1 Å². The van der Waals surface area contributed by atoms with Gasteiger partial charge < -0.3 is 10.2 Å². The van der Waals surface area contributed by atoms with Gasteiger partial charge in [0.2, 0.25) is 11.8 Å². The second-order valence-corrected chi connectivity index (χ2v) is 7.63. The molecule has 140 valence electrons. The van der Waals surface area contributed by atoms with E-state index in [9.17, 15) is 18.8 Å². The summed E-state index contributed by atoms with van der Waals surface area (Å²) >= 11 is 1.28. The molecule has 0 radical (unpaired) electrons. The number of halogens is 1. The molecule has 0 bridgehead atoms. The second-order valence-electron chi connectivity index (χ2n) is 6.61. The first kappa shape index (κ1) is 17.7. The summed E-state index contributed by atoms with van der Waals surface area (Å²) < 4.78 is 14.4. The largest absolute Gasteiger partial charge is 0.324 e. The van der Waals surface area contributed by atoms with Crippen LogP contribution in [0.3, 0.4) is 0 Å². The van der Waals surface area contributed by atoms with Crippen molar-refractivity contribution in [3.8, 4) is 0 Å². The van der Waals surface area contributed by atoms with Crippen LogP contribution in [0.5, 0.6) is 0 Å². The zero-order valence-electron chi connectivity index (χ0n) is 14.6. The minimum Gasteiger partial charge on any atom is -0.324 e. The number of nitrogens with zero attached hydrogens (tertiary/aromatic N) is 3. The highest BCUT2D eigenvalue weighted by molar-refractivity contribution is 8.00. The van der Waals surface area contributed by atoms with Gasteiger partial charge >= 0.3 is 0 Å². The maximum Gasteiger partial charge on any atom is 0.292 e. The molecule has 0 spiro atoms. The maximum absolute atomic E-state index is 13.4. The predicted octanol–water partition coefficient (Wildman–Crippen LogP) is 1.93. The van der Waals surface area contributed by atoms with Gasteiger partial charge in [-0.15, -0.1) is 11.8 Å². The number of anilines is 2. The Labute approximate surface area is 158 Å². The number of thioether (sulfide) groups is 1. The molecule has 1 aromatic heterocycles. The van der Waals surface area contributed by atoms with Crippen molar-refractivity contribution in [1.82, 2.24) is 9.78 Å². The Morgan fingerprint density at radius 2 is 2.15 bits per heavy atom. The standard InChI is InChI=1S/C18H17FN4O3S/c1-10-2-3-11(19)6-13(10)21-15(24)8-22-18(26)17-14(7-20-22)27-9-16(25)23(17)12-4-5-12/h2-3,6-7,12H,4-5,8-9H2,1H3,(H,21,24). The van der Waals surface area contributed by atoms with Crippen LogP contribution in [0, 0.1) is 12.7 Å². The average Bonchev–Trinajstić information content (AvgIpc) is 3.45. The Morgan fingerprint density at radius 3 is 2.89 bits per heavy atom. The summed E-state index contributed by atoms with van der Waals surface area (Å²) in [5, 5.41) is 6.66. The van der Waals surface area contributed by atoms with Crippen LogP contribution < -0.4 is 15.8 Å². The predicted molar refractivity (Wildman–Crippen MR) is 99.5 cm³/mol. The van der Waals surface area contributed by atoms with Crippen LogP contribution >= 0.6 is 11.8 Å². The maximum atomic E-state index is 13.4. The molecule has 0 unspecified atom stereocenters. The highest BCUT2D eigenvalue weighted by Crippen LogP contribution is 2.38. The summed E-state index contributed by atoms with van der Waals surface area (Å²) in [5.74, 6) is -0.764. The van der Waals surface area contributed by atoms with Gasteiger partial charge in [-0.2, -0.15) is 5.10 Å². The monoisotopic (exact) mass is 388 g/mol. The summed E-state index contributed by atoms with van der Waals surface area (Å²) in [7, 11) is 0. The van der Waals surface area contributed by atoms with Crippen molar-refractivity contribution >= 4 is 35.0 Å². The van der Waals surface area contributed by atoms with Gasteiger partial charge in [-0.25, -0.2) is 9.07 Å². The Hall–Kier alpha value is -2.68. The number of carbonyl (C=O) groups is 2. The van der Waals surface area contributed by atoms with Gasteiger partial charge in [-0.3, -0.25) is 14.4 Å². The second kappa shape index (κ2) is 6.80. The first-order chi connectivity index (χ1) is 12.9. The molecule has 27 heavy (non-hydrogen) atoms. The minimum atomic E-state index is -0.494. The van der Waals surface area contributed by atoms with Crippen molar-refractivity contribution in [2.45, 2.75) is 37.2 Å². The van der Waals surface area contributed by atoms with E-state index in [4.69, 9.17) is 0 Å². The number of rotatable bonds is 4. The lowest BCUT2D eigenvalue weighted by Gasteiger charge is -2.28. The lowest BCUT2D eigenvalue weighted by atomic mass is 10.2. The summed E-state index contributed by atoms with van der Waals surface area (Å²) in [6, 6.07) is 4.15. The molecular formula is C18H17FN4O3S. The molecule has 2 aliphatic rings. The van der Waals surface area contributed by atoms with E-state index >= 15 is 0 Å². The lowest BCUT2D eigenvalue weighted by Crippen LogP contribution is -2.43. The number of benzene rings is 1. The van der Waals surface area contributed by atoms with Crippen molar-refractivity contribution < 1.29 is 14.0 Å². The van der Waals surface area contributed by atoms with Gasteiger partial charge in [0.15, 0.2) is 0 Å². The van der Waals surface area contributed by atoms with E-state index in [0.29, 0.717) is 21.8 Å². The van der Waals surface area contributed by atoms with Gasteiger partial charge in [0.1, 0.15) is 18.0 Å². The summed E-state index contributed by atoms with van der Waals surface area (Å²) in [6.45, 7) is 1.42. The molecule has 2 amide bonds. The van der Waals surface area contributed by atoms with Crippen LogP contribution in [0.2, 0.25) is 0 Å². The molecule has 1 aliphatic carbocycles. The van der Waals surface area contributed by atoms with E-state index in [1.54, 1.807) is 17.9 Å². The van der Waals surface area contributed by atoms with Gasteiger partial charge in [0, 0.05) is 11.7 Å². The Bertz CT molecular complexity index is 1000. The van der Waals surface area contributed by atoms with Gasteiger partial charge in [-0.05, 0) is 37.5 Å². The molecule has 2 heterocycles. The Morgan fingerprint density at radius 1 is 1.37 bits per heavy atom. The van der Waals surface area contributed by atoms with E-state index in [0.717, 1.165) is 17.5 Å². The van der Waals surface area contributed by atoms with Crippen LogP contribution in [0.1, 0.15) is 18.4 Å². The van der Waals surface area contributed by atoms with Crippen LogP contribution in [-0.4, -0.2) is 33.4 Å². The molecule has 1 saturated carbocycles. The van der Waals surface area contributed by atoms with E-state index in [2.05, 4.69) is 10.4 Å². The normalized spacial score (nSPS) is 16.2. The molecule has 0 atom stereocenters. The fraction of sp³-hybridized carbons (Fsp3) is 0.333. The van der Waals surface area contributed by atoms with Crippen molar-refractivity contribution in [2.75, 3.05) is 16.0 Å². The molecular weight excluding hydrogens is 371 g/mol. The topological polar surface area (TPSA) is 84.3 Å². The fourth-order valence-corrected chi connectivity index (χ4v) is 3.87. The van der Waals surface area contributed by atoms with Crippen molar-refractivity contribution in [3.05, 3.63) is 46.1 Å². The number of carbonyl (C=O) groups excluding carboxylic acids is 2. The molecule has 0 saturated heterocycles. The molecule has 2 aromatic rings. The summed E-state index contributed by atoms with van der Waals surface area (Å²) in [5.41, 5.74) is 0.892. The number of hydrogen-bond donors (Lipinski definition) is 1. The van der Waals surface area contributed by atoms with Crippen molar-refractivity contribution in [2.24, 2.45) is 0 Å². The van der Waals surface area contributed by atoms with Crippen LogP contribution in [0.4, 0.5) is 15.8 Å². The first-order valence-electron chi connectivity index (χ1n) is 8.55. The SMILES string of the molecule is Cc1ccc(F)cc1NC(=O)Cn1ncc2c(c1=O)N(C1CC1)C(=O)CS2. The Kier molecular flexibility index (Phi) is 4.47. The van der Waals surface area contributed by atoms with E-state index in [1.807, 2.05) is 0 Å². The fourth-order valence-electron chi connectivity index (χ4n) is 3.01. The van der Waals surface area contributed by atoms with Crippen LogP contribution in [0.25, 0.3) is 0 Å². The number of amides is 2. The number of nitrogens with one attached hydrogen (secondary N) is 1. The first-order valence-corrected chi connectivity index (χ1v) is 9.53. The number of aryl methyl sites for hydroxylation is 1. The number of fused-ring (bicyclic) bond motifs is 1. The third-order valence-electron chi connectivity index (χ3n) is 4.52. The molecule has 1 aromatic carbocycles. The highest BCUT2D eigenvalue weighted by atomic mass is 32.2. The quantitative estimate of drug-likeness (QED) is 0.865. The molecule has 7 nitrogen and oxygen atoms in total. The van der Waals surface area contributed by atoms with Gasteiger partial charge in [0.05, 0.1) is 16.8 Å². The number of aromatic nitrogens is 2. The minimum absolute atomic E-state index is 0.0597. The average molecular weight is 388 g/mol. The van der Waals surface area contributed by atoms with E-state index in [-0.39, 0.29) is 24.2 Å². The molecule has 1 aliphatic heterocycles. The summed E-state index contributed by atoms with van der Waals surface area (Å²) in [6.07, 6.45) is 3.26. The lowest BCUT2D eigenvalue weighted by molar-refractivity contribution is -0.117. The highest BCUT2D eigenvalue weighted by Gasteiger charge is 2.39. The zero-order chi connectivity index (χ0) is 19.1. The summed E-state index contributed by atoms with van der Waals surface area (Å²) in [4.78, 5) is 39.7. The molecule has 1 N–H and O–H groups in total. The van der Waals surface area contributed by atoms with Gasteiger partial charge in [-0.1, -0.05) is 6.07 Å². The van der Waals surface area contributed by atoms with E-state index < -0.39 is 17.3 Å². The number of hydrogen-bond acceptors (Lipinski definition) is 5. The third kappa shape index (κ3) is 3.46. The third-order valence-corrected chi connectivity index (χ3v) is 5.53. The smallest absolute Gasteiger partial charge is 0.292 e. The molecule has 1 fully saturated rings. The Balaban J connectivity index is 1.60. The van der Waals surface area contributed by atoms with E-state index in [1.165, 1.54) is 30.1 Å². The molecule has 4 rings (SSSR count). The zero-order valence-corrected chi connectivity index (χ0v) is 15.4.